The zero-order valence-electron chi connectivity index (χ0n) is 12.5. The highest BCUT2D eigenvalue weighted by Crippen LogP contribution is 2.12. The number of nitrogens with zero attached hydrogens (tertiary/aromatic N) is 1. The Hall–Kier alpha value is -0.830. The fourth-order valence-corrected chi connectivity index (χ4v) is 2.02. The van der Waals surface area contributed by atoms with Crippen LogP contribution in [0.5, 0.6) is 0 Å². The first-order valence-corrected chi connectivity index (χ1v) is 7.29. The first-order valence-electron chi connectivity index (χ1n) is 7.29. The van der Waals surface area contributed by atoms with Crippen LogP contribution >= 0.6 is 0 Å². The number of nitrogens with two attached hydrogens (primary N) is 1. The summed E-state index contributed by atoms with van der Waals surface area (Å²) in [5.74, 6) is -0.306. The molecule has 0 aliphatic heterocycles. The van der Waals surface area contributed by atoms with Crippen molar-refractivity contribution in [1.82, 2.24) is 4.90 Å². The first kappa shape index (κ1) is 17.2. The van der Waals surface area contributed by atoms with Crippen molar-refractivity contribution < 1.29 is 4.79 Å². The summed E-state index contributed by atoms with van der Waals surface area (Å²) in [6.45, 7) is 10.6. The molecule has 0 rings (SSSR count). The van der Waals surface area contributed by atoms with Gasteiger partial charge >= 0.3 is 0 Å². The summed E-state index contributed by atoms with van der Waals surface area (Å²) < 4.78 is 0. The van der Waals surface area contributed by atoms with E-state index in [1.165, 1.54) is 25.7 Å². The minimum absolute atomic E-state index is 0.306. The molecule has 1 amide bonds. The van der Waals surface area contributed by atoms with Gasteiger partial charge in [0.2, 0.25) is 5.91 Å². The standard InChI is InChI=1S/C15H30N2O/c1-5-8-10-17(11-9-6-2)14(7-3)12-13(4)15(16)18/h12,14H,5-11H2,1-4H3,(H2,16,18)/b13-12+. The molecular weight excluding hydrogens is 224 g/mol. The fraction of sp³-hybridized carbons (Fsp3) is 0.800. The predicted molar refractivity (Wildman–Crippen MR) is 78.4 cm³/mol. The second-order valence-electron chi connectivity index (χ2n) is 4.93. The lowest BCUT2D eigenvalue weighted by Crippen LogP contribution is -2.36. The van der Waals surface area contributed by atoms with Crippen LogP contribution in [0.2, 0.25) is 0 Å². The molecule has 3 heteroatoms. The highest BCUT2D eigenvalue weighted by molar-refractivity contribution is 5.91. The maximum Gasteiger partial charge on any atom is 0.244 e. The van der Waals surface area contributed by atoms with E-state index in [1.54, 1.807) is 0 Å². The Labute approximate surface area is 112 Å². The molecule has 0 radical (unpaired) electrons. The molecule has 0 aliphatic carbocycles. The smallest absolute Gasteiger partial charge is 0.244 e. The quantitative estimate of drug-likeness (QED) is 0.609. The van der Waals surface area contributed by atoms with Crippen LogP contribution in [-0.4, -0.2) is 29.9 Å². The van der Waals surface area contributed by atoms with Crippen molar-refractivity contribution in [2.45, 2.75) is 65.8 Å². The van der Waals surface area contributed by atoms with Crippen LogP contribution in [0, 0.1) is 0 Å². The number of primary amides is 1. The van der Waals surface area contributed by atoms with E-state index < -0.39 is 0 Å². The Balaban J connectivity index is 4.67. The maximum absolute atomic E-state index is 11.1. The Kier molecular flexibility index (Phi) is 9.66. The SMILES string of the molecule is CCCCN(CCCC)C(/C=C(\C)C(N)=O)CC. The van der Waals surface area contributed by atoms with Crippen molar-refractivity contribution in [3.63, 3.8) is 0 Å². The van der Waals surface area contributed by atoms with Crippen molar-refractivity contribution in [2.75, 3.05) is 13.1 Å². The first-order chi connectivity index (χ1) is 8.56. The average Bonchev–Trinajstić information content (AvgIpc) is 2.36. The molecule has 0 saturated heterocycles. The second kappa shape index (κ2) is 10.1. The van der Waals surface area contributed by atoms with E-state index in [2.05, 4.69) is 25.7 Å². The third kappa shape index (κ3) is 6.80. The Morgan fingerprint density at radius 2 is 1.67 bits per heavy atom. The molecule has 106 valence electrons. The van der Waals surface area contributed by atoms with Gasteiger partial charge in [0.15, 0.2) is 0 Å². The molecule has 0 aromatic carbocycles. The maximum atomic E-state index is 11.1. The summed E-state index contributed by atoms with van der Waals surface area (Å²) >= 11 is 0. The number of hydrogen-bond acceptors (Lipinski definition) is 2. The third-order valence-corrected chi connectivity index (χ3v) is 3.32. The molecule has 1 atom stereocenters. The largest absolute Gasteiger partial charge is 0.366 e. The van der Waals surface area contributed by atoms with Crippen LogP contribution in [0.3, 0.4) is 0 Å². The number of unbranched alkanes of at least 4 members (excludes halogenated alkanes) is 2. The average molecular weight is 254 g/mol. The van der Waals surface area contributed by atoms with E-state index >= 15 is 0 Å². The van der Waals surface area contributed by atoms with Crippen LogP contribution < -0.4 is 5.73 Å². The Bertz CT molecular complexity index is 253. The molecule has 0 heterocycles. The highest BCUT2D eigenvalue weighted by Gasteiger charge is 2.14. The number of carbonyl (C=O) groups is 1. The van der Waals surface area contributed by atoms with Crippen molar-refractivity contribution in [3.8, 4) is 0 Å². The number of carbonyl (C=O) groups excluding carboxylic acids is 1. The van der Waals surface area contributed by atoms with Gasteiger partial charge in [-0.2, -0.15) is 0 Å². The second-order valence-corrected chi connectivity index (χ2v) is 4.93. The summed E-state index contributed by atoms with van der Waals surface area (Å²) in [4.78, 5) is 13.6. The van der Waals surface area contributed by atoms with Gasteiger partial charge in [-0.25, -0.2) is 0 Å². The molecule has 2 N–H and O–H groups in total. The zero-order chi connectivity index (χ0) is 14.0. The van der Waals surface area contributed by atoms with Crippen LogP contribution in [-0.2, 0) is 4.79 Å². The molecule has 0 aromatic heterocycles. The van der Waals surface area contributed by atoms with Crippen molar-refractivity contribution in [3.05, 3.63) is 11.6 Å². The number of hydrogen-bond donors (Lipinski definition) is 1. The summed E-state index contributed by atoms with van der Waals surface area (Å²) in [6, 6.07) is 0.343. The van der Waals surface area contributed by atoms with Gasteiger partial charge in [0.25, 0.3) is 0 Å². The number of rotatable bonds is 10. The van der Waals surface area contributed by atoms with E-state index in [-0.39, 0.29) is 5.91 Å². The van der Waals surface area contributed by atoms with Gasteiger partial charge in [0, 0.05) is 11.6 Å². The van der Waals surface area contributed by atoms with Crippen LogP contribution in [0.25, 0.3) is 0 Å². The lowest BCUT2D eigenvalue weighted by Gasteiger charge is -2.29. The highest BCUT2D eigenvalue weighted by atomic mass is 16.1. The van der Waals surface area contributed by atoms with Crippen LogP contribution in [0.1, 0.15) is 59.8 Å². The van der Waals surface area contributed by atoms with E-state index in [9.17, 15) is 4.79 Å². The van der Waals surface area contributed by atoms with Crippen molar-refractivity contribution >= 4 is 5.91 Å². The van der Waals surface area contributed by atoms with Gasteiger partial charge in [-0.05, 0) is 39.3 Å². The zero-order valence-corrected chi connectivity index (χ0v) is 12.5. The summed E-state index contributed by atoms with van der Waals surface area (Å²) in [6.07, 6.45) is 7.90. The molecule has 0 aromatic rings. The minimum Gasteiger partial charge on any atom is -0.366 e. The van der Waals surface area contributed by atoms with Gasteiger partial charge in [-0.3, -0.25) is 9.69 Å². The van der Waals surface area contributed by atoms with Crippen molar-refractivity contribution in [2.24, 2.45) is 5.73 Å². The summed E-state index contributed by atoms with van der Waals surface area (Å²) in [7, 11) is 0. The molecule has 0 bridgehead atoms. The predicted octanol–water partition coefficient (Wildman–Crippen LogP) is 3.10. The minimum atomic E-state index is -0.306. The molecule has 0 fully saturated rings. The molecule has 0 spiro atoms. The topological polar surface area (TPSA) is 46.3 Å². The molecule has 0 saturated carbocycles. The molecule has 18 heavy (non-hydrogen) atoms. The third-order valence-electron chi connectivity index (χ3n) is 3.32. The summed E-state index contributed by atoms with van der Waals surface area (Å²) in [5, 5.41) is 0. The van der Waals surface area contributed by atoms with Crippen LogP contribution in [0.4, 0.5) is 0 Å². The van der Waals surface area contributed by atoms with E-state index in [0.29, 0.717) is 11.6 Å². The van der Waals surface area contributed by atoms with E-state index in [4.69, 9.17) is 5.73 Å². The molecule has 0 aliphatic rings. The van der Waals surface area contributed by atoms with Gasteiger partial charge < -0.3 is 5.73 Å². The van der Waals surface area contributed by atoms with Crippen molar-refractivity contribution in [1.29, 1.82) is 0 Å². The Morgan fingerprint density at radius 3 is 2.00 bits per heavy atom. The van der Waals surface area contributed by atoms with Gasteiger partial charge in [0.05, 0.1) is 0 Å². The van der Waals surface area contributed by atoms with E-state index in [0.717, 1.165) is 19.5 Å². The van der Waals surface area contributed by atoms with Crippen LogP contribution in [0.15, 0.2) is 11.6 Å². The molecule has 1 unspecified atom stereocenters. The summed E-state index contributed by atoms with van der Waals surface area (Å²) in [5.41, 5.74) is 5.99. The van der Waals surface area contributed by atoms with Gasteiger partial charge in [-0.15, -0.1) is 0 Å². The molecule has 3 nitrogen and oxygen atoms in total. The Morgan fingerprint density at radius 1 is 1.17 bits per heavy atom. The fourth-order valence-electron chi connectivity index (χ4n) is 2.02. The number of amides is 1. The lowest BCUT2D eigenvalue weighted by molar-refractivity contribution is -0.114. The molecular formula is C15H30N2O. The lowest BCUT2D eigenvalue weighted by atomic mass is 10.1. The van der Waals surface area contributed by atoms with Gasteiger partial charge in [-0.1, -0.05) is 39.7 Å². The monoisotopic (exact) mass is 254 g/mol. The van der Waals surface area contributed by atoms with E-state index in [1.807, 2.05) is 13.0 Å². The van der Waals surface area contributed by atoms with Gasteiger partial charge in [0.1, 0.15) is 0 Å². The normalized spacial score (nSPS) is 13.9.